The van der Waals surface area contributed by atoms with E-state index in [1.807, 2.05) is 0 Å². The van der Waals surface area contributed by atoms with Crippen LogP contribution in [-0.2, 0) is 4.79 Å². The Morgan fingerprint density at radius 1 is 1.12 bits per heavy atom. The van der Waals surface area contributed by atoms with Crippen LogP contribution in [0.3, 0.4) is 0 Å². The summed E-state index contributed by atoms with van der Waals surface area (Å²) in [4.78, 5) is 12.0. The summed E-state index contributed by atoms with van der Waals surface area (Å²) >= 11 is 28.9. The summed E-state index contributed by atoms with van der Waals surface area (Å²) in [5.41, 5.74) is 0.718. The monoisotopic (exact) mass is 443 g/mol. The Morgan fingerprint density at radius 2 is 1.76 bits per heavy atom. The van der Waals surface area contributed by atoms with Gasteiger partial charge in [0.15, 0.2) is 5.11 Å². The van der Waals surface area contributed by atoms with Crippen molar-refractivity contribution in [1.29, 1.82) is 0 Å². The number of thiocarbonyl (C=S) groups is 1. The molecule has 1 rings (SSSR count). The lowest BCUT2D eigenvalue weighted by Gasteiger charge is -2.27. The first-order chi connectivity index (χ1) is 11.7. The van der Waals surface area contributed by atoms with Crippen LogP contribution in [0.15, 0.2) is 24.3 Å². The van der Waals surface area contributed by atoms with Crippen LogP contribution in [0.5, 0.6) is 0 Å². The van der Waals surface area contributed by atoms with Gasteiger partial charge in [-0.1, -0.05) is 72.6 Å². The molecule has 9 heteroatoms. The van der Waals surface area contributed by atoms with E-state index in [0.717, 1.165) is 31.4 Å². The fraction of sp³-hybridized carbons (Fsp3) is 0.500. The van der Waals surface area contributed by atoms with Gasteiger partial charge in [-0.05, 0) is 42.9 Å². The van der Waals surface area contributed by atoms with Gasteiger partial charge in [-0.25, -0.2) is 0 Å². The summed E-state index contributed by atoms with van der Waals surface area (Å²) in [5, 5.41) is 9.24. The van der Waals surface area contributed by atoms with Gasteiger partial charge in [0.25, 0.3) is 0 Å². The SMILES string of the molecule is CCCCCCC(=O)NC(NC(=S)Nc1ccc(Cl)cc1)C(Cl)(Cl)Cl. The zero-order valence-corrected chi connectivity index (χ0v) is 17.6. The average molecular weight is 445 g/mol. The minimum Gasteiger partial charge on any atom is -0.339 e. The number of amides is 1. The molecule has 0 aliphatic carbocycles. The number of hydrogen-bond acceptors (Lipinski definition) is 2. The number of carbonyl (C=O) groups excluding carboxylic acids is 1. The first-order valence-corrected chi connectivity index (χ1v) is 9.83. The zero-order chi connectivity index (χ0) is 18.9. The molecule has 1 aromatic rings. The van der Waals surface area contributed by atoms with Crippen LogP contribution < -0.4 is 16.0 Å². The highest BCUT2D eigenvalue weighted by molar-refractivity contribution is 7.80. The minimum atomic E-state index is -1.76. The fourth-order valence-electron chi connectivity index (χ4n) is 1.98. The van der Waals surface area contributed by atoms with Crippen LogP contribution in [0.4, 0.5) is 5.69 Å². The first-order valence-electron chi connectivity index (χ1n) is 7.91. The number of benzene rings is 1. The van der Waals surface area contributed by atoms with E-state index in [1.165, 1.54) is 0 Å². The number of hydrogen-bond donors (Lipinski definition) is 3. The summed E-state index contributed by atoms with van der Waals surface area (Å²) in [6.07, 6.45) is 3.39. The molecular formula is C16H21Cl4N3OS. The molecule has 1 amide bonds. The smallest absolute Gasteiger partial charge is 0.228 e. The van der Waals surface area contributed by atoms with Crippen LogP contribution in [0, 0.1) is 0 Å². The highest BCUT2D eigenvalue weighted by Crippen LogP contribution is 2.29. The Bertz CT molecular complexity index is 563. The third-order valence-corrected chi connectivity index (χ3v) is 4.39. The lowest BCUT2D eigenvalue weighted by Crippen LogP contribution is -2.56. The summed E-state index contributed by atoms with van der Waals surface area (Å²) in [6.45, 7) is 2.11. The molecule has 0 spiro atoms. The average Bonchev–Trinajstić information content (AvgIpc) is 2.52. The molecule has 0 radical (unpaired) electrons. The van der Waals surface area contributed by atoms with Gasteiger partial charge >= 0.3 is 0 Å². The summed E-state index contributed by atoms with van der Waals surface area (Å²) in [7, 11) is 0. The molecule has 140 valence electrons. The van der Waals surface area contributed by atoms with Crippen molar-refractivity contribution in [2.45, 2.75) is 49.0 Å². The lowest BCUT2D eigenvalue weighted by atomic mass is 10.1. The van der Waals surface area contributed by atoms with Crippen molar-refractivity contribution in [1.82, 2.24) is 10.6 Å². The molecular weight excluding hydrogens is 424 g/mol. The molecule has 0 saturated heterocycles. The van der Waals surface area contributed by atoms with Crippen molar-refractivity contribution in [2.24, 2.45) is 0 Å². The second-order valence-corrected chi connectivity index (χ2v) is 8.67. The first kappa shape index (κ1) is 22.6. The quantitative estimate of drug-likeness (QED) is 0.217. The zero-order valence-electron chi connectivity index (χ0n) is 13.8. The molecule has 1 atom stereocenters. The molecule has 0 saturated carbocycles. The van der Waals surface area contributed by atoms with E-state index in [-0.39, 0.29) is 11.0 Å². The van der Waals surface area contributed by atoms with Gasteiger partial charge < -0.3 is 16.0 Å². The van der Waals surface area contributed by atoms with Crippen LogP contribution >= 0.6 is 58.6 Å². The number of rotatable bonds is 8. The molecule has 0 aromatic heterocycles. The highest BCUT2D eigenvalue weighted by Gasteiger charge is 2.34. The second kappa shape index (κ2) is 11.3. The van der Waals surface area contributed by atoms with Gasteiger partial charge in [-0.2, -0.15) is 0 Å². The van der Waals surface area contributed by atoms with Gasteiger partial charge in [0.2, 0.25) is 9.70 Å². The summed E-state index contributed by atoms with van der Waals surface area (Å²) < 4.78 is -1.76. The molecule has 4 nitrogen and oxygen atoms in total. The molecule has 0 aliphatic rings. The number of nitrogens with one attached hydrogen (secondary N) is 3. The fourth-order valence-corrected chi connectivity index (χ4v) is 2.67. The van der Waals surface area contributed by atoms with E-state index >= 15 is 0 Å². The van der Waals surface area contributed by atoms with E-state index in [9.17, 15) is 4.79 Å². The maximum Gasteiger partial charge on any atom is 0.228 e. The predicted molar refractivity (Wildman–Crippen MR) is 112 cm³/mol. The Kier molecular flexibility index (Phi) is 10.2. The molecule has 0 bridgehead atoms. The van der Waals surface area contributed by atoms with Gasteiger partial charge in [-0.15, -0.1) is 0 Å². The Labute approximate surface area is 173 Å². The Balaban J connectivity index is 2.56. The van der Waals surface area contributed by atoms with Gasteiger partial charge in [-0.3, -0.25) is 4.79 Å². The van der Waals surface area contributed by atoms with Crippen LogP contribution in [-0.4, -0.2) is 21.0 Å². The van der Waals surface area contributed by atoms with Gasteiger partial charge in [0.05, 0.1) is 0 Å². The molecule has 0 heterocycles. The van der Waals surface area contributed by atoms with Crippen LogP contribution in [0.1, 0.15) is 39.0 Å². The van der Waals surface area contributed by atoms with E-state index in [0.29, 0.717) is 11.4 Å². The van der Waals surface area contributed by atoms with Crippen LogP contribution in [0.2, 0.25) is 5.02 Å². The van der Waals surface area contributed by atoms with Crippen molar-refractivity contribution in [3.05, 3.63) is 29.3 Å². The number of carbonyl (C=O) groups is 1. The molecule has 0 fully saturated rings. The van der Waals surface area contributed by atoms with E-state index in [2.05, 4.69) is 22.9 Å². The van der Waals surface area contributed by atoms with Gasteiger partial charge in [0, 0.05) is 17.1 Å². The number of halogens is 4. The third kappa shape index (κ3) is 9.71. The number of alkyl halides is 3. The molecule has 3 N–H and O–H groups in total. The third-order valence-electron chi connectivity index (χ3n) is 3.27. The van der Waals surface area contributed by atoms with E-state index in [1.54, 1.807) is 24.3 Å². The lowest BCUT2D eigenvalue weighted by molar-refractivity contribution is -0.122. The Morgan fingerprint density at radius 3 is 2.32 bits per heavy atom. The largest absolute Gasteiger partial charge is 0.339 e. The topological polar surface area (TPSA) is 53.2 Å². The van der Waals surface area contributed by atoms with Crippen LogP contribution in [0.25, 0.3) is 0 Å². The van der Waals surface area contributed by atoms with Gasteiger partial charge in [0.1, 0.15) is 6.17 Å². The standard InChI is InChI=1S/C16H21Cl4N3OS/c1-2-3-4-5-6-13(24)22-14(16(18,19)20)23-15(25)21-12-9-7-11(17)8-10-12/h7-10,14H,2-6H2,1H3,(H,22,24)(H2,21,23,25). The molecule has 1 unspecified atom stereocenters. The Hall–Kier alpha value is -0.460. The number of unbranched alkanes of at least 4 members (excludes halogenated alkanes) is 3. The second-order valence-electron chi connectivity index (χ2n) is 5.46. The van der Waals surface area contributed by atoms with Crippen molar-refractivity contribution < 1.29 is 4.79 Å². The van der Waals surface area contributed by atoms with Crippen molar-refractivity contribution in [2.75, 3.05) is 5.32 Å². The maximum atomic E-state index is 12.0. The number of anilines is 1. The summed E-state index contributed by atoms with van der Waals surface area (Å²) in [6, 6.07) is 6.95. The minimum absolute atomic E-state index is 0.200. The predicted octanol–water partition coefficient (Wildman–Crippen LogP) is 5.41. The van der Waals surface area contributed by atoms with Crippen molar-refractivity contribution in [3.63, 3.8) is 0 Å². The normalized spacial score (nSPS) is 12.4. The van der Waals surface area contributed by atoms with Crippen molar-refractivity contribution in [3.8, 4) is 0 Å². The van der Waals surface area contributed by atoms with E-state index in [4.69, 9.17) is 58.6 Å². The molecule has 1 aromatic carbocycles. The van der Waals surface area contributed by atoms with E-state index < -0.39 is 9.96 Å². The highest BCUT2D eigenvalue weighted by atomic mass is 35.6. The maximum absolute atomic E-state index is 12.0. The summed E-state index contributed by atoms with van der Waals surface area (Å²) in [5.74, 6) is -0.200. The van der Waals surface area contributed by atoms with Crippen molar-refractivity contribution >= 4 is 75.3 Å². The molecule has 0 aliphatic heterocycles. The molecule has 25 heavy (non-hydrogen) atoms.